The minimum absolute atomic E-state index is 0.00742. The number of nitrogens with zero attached hydrogens (tertiary/aromatic N) is 3. The van der Waals surface area contributed by atoms with E-state index >= 15 is 0 Å². The van der Waals surface area contributed by atoms with Crippen LogP contribution in [0.2, 0.25) is 0 Å². The van der Waals surface area contributed by atoms with Gasteiger partial charge in [-0.25, -0.2) is 0 Å². The standard InChI is InChI=1S/C36H23N3O/c40-36(25-19-21-37-22-20-25)24-13-15-26(16-14-24)38-34-12-6-3-9-30(34)31-23-27(17-18-35(31)38)39-32-10-4-1-7-28(32)29-8-2-5-11-33(29)39/h1-23H. The Bertz CT molecular complexity index is 2170. The molecule has 40 heavy (non-hydrogen) atoms. The van der Waals surface area contributed by atoms with Crippen molar-refractivity contribution in [1.29, 1.82) is 0 Å². The summed E-state index contributed by atoms with van der Waals surface area (Å²) in [5.74, 6) is -0.00742. The molecule has 188 valence electrons. The largest absolute Gasteiger partial charge is 0.309 e. The average molecular weight is 514 g/mol. The number of hydrogen-bond donors (Lipinski definition) is 0. The third-order valence-electron chi connectivity index (χ3n) is 7.82. The maximum absolute atomic E-state index is 13.0. The molecular formula is C36H23N3O. The maximum Gasteiger partial charge on any atom is 0.193 e. The van der Waals surface area contributed by atoms with Gasteiger partial charge in [0.05, 0.1) is 22.1 Å². The van der Waals surface area contributed by atoms with Crippen LogP contribution in [-0.2, 0) is 0 Å². The Morgan fingerprint density at radius 1 is 0.450 bits per heavy atom. The van der Waals surface area contributed by atoms with Crippen molar-refractivity contribution in [2.24, 2.45) is 0 Å². The highest BCUT2D eigenvalue weighted by molar-refractivity contribution is 6.12. The SMILES string of the molecule is O=C(c1ccncc1)c1ccc(-n2c3ccccc3c3cc(-n4c5ccccc5c5ccccc54)ccc32)cc1. The van der Waals surface area contributed by atoms with Crippen LogP contribution in [0.4, 0.5) is 0 Å². The van der Waals surface area contributed by atoms with Gasteiger partial charge < -0.3 is 9.13 Å². The summed E-state index contributed by atoms with van der Waals surface area (Å²) in [5.41, 5.74) is 8.08. The van der Waals surface area contributed by atoms with E-state index in [-0.39, 0.29) is 5.78 Å². The molecule has 0 bridgehead atoms. The fourth-order valence-corrected chi connectivity index (χ4v) is 6.01. The lowest BCUT2D eigenvalue weighted by Gasteiger charge is -2.11. The lowest BCUT2D eigenvalue weighted by atomic mass is 10.0. The van der Waals surface area contributed by atoms with E-state index < -0.39 is 0 Å². The minimum atomic E-state index is -0.00742. The molecule has 8 aromatic rings. The fourth-order valence-electron chi connectivity index (χ4n) is 6.01. The van der Waals surface area contributed by atoms with Gasteiger partial charge in [-0.1, -0.05) is 54.6 Å². The zero-order valence-electron chi connectivity index (χ0n) is 21.5. The smallest absolute Gasteiger partial charge is 0.193 e. The van der Waals surface area contributed by atoms with Gasteiger partial charge in [-0.05, 0) is 72.8 Å². The quantitative estimate of drug-likeness (QED) is 0.221. The number of aromatic nitrogens is 3. The molecule has 4 heteroatoms. The van der Waals surface area contributed by atoms with Crippen LogP contribution in [0, 0.1) is 0 Å². The second-order valence-corrected chi connectivity index (χ2v) is 10.0. The van der Waals surface area contributed by atoms with E-state index in [1.807, 2.05) is 24.3 Å². The van der Waals surface area contributed by atoms with E-state index in [4.69, 9.17) is 0 Å². The summed E-state index contributed by atoms with van der Waals surface area (Å²) in [6, 6.07) is 43.8. The molecule has 0 amide bonds. The van der Waals surface area contributed by atoms with Crippen molar-refractivity contribution >= 4 is 49.4 Å². The van der Waals surface area contributed by atoms with Gasteiger partial charge in [0.15, 0.2) is 5.78 Å². The predicted octanol–water partition coefficient (Wildman–Crippen LogP) is 8.51. The molecule has 4 nitrogen and oxygen atoms in total. The topological polar surface area (TPSA) is 39.8 Å². The second kappa shape index (κ2) is 8.79. The normalized spacial score (nSPS) is 11.6. The summed E-state index contributed by atoms with van der Waals surface area (Å²) in [7, 11) is 0. The van der Waals surface area contributed by atoms with Crippen molar-refractivity contribution in [3.05, 3.63) is 151 Å². The Hall–Kier alpha value is -5.48. The Kier molecular flexibility index (Phi) is 4.94. The Morgan fingerprint density at radius 3 is 1.50 bits per heavy atom. The lowest BCUT2D eigenvalue weighted by molar-refractivity contribution is 0.103. The molecule has 0 fully saturated rings. The Balaban J connectivity index is 1.31. The summed E-state index contributed by atoms with van der Waals surface area (Å²) in [6.07, 6.45) is 3.29. The van der Waals surface area contributed by atoms with Crippen molar-refractivity contribution in [2.45, 2.75) is 0 Å². The number of pyridine rings is 1. The van der Waals surface area contributed by atoms with Crippen LogP contribution < -0.4 is 0 Å². The number of hydrogen-bond acceptors (Lipinski definition) is 2. The third kappa shape index (κ3) is 3.33. The molecular weight excluding hydrogens is 490 g/mol. The molecule has 5 aromatic carbocycles. The first-order chi connectivity index (χ1) is 19.8. The lowest BCUT2D eigenvalue weighted by Crippen LogP contribution is -2.02. The molecule has 3 heterocycles. The van der Waals surface area contributed by atoms with Crippen LogP contribution in [0.25, 0.3) is 55.0 Å². The summed E-state index contributed by atoms with van der Waals surface area (Å²) in [6.45, 7) is 0. The third-order valence-corrected chi connectivity index (χ3v) is 7.82. The summed E-state index contributed by atoms with van der Waals surface area (Å²) in [5, 5.41) is 4.88. The van der Waals surface area contributed by atoms with Gasteiger partial charge in [0, 0.05) is 56.4 Å². The number of rotatable bonds is 4. The van der Waals surface area contributed by atoms with E-state index in [9.17, 15) is 4.79 Å². The number of fused-ring (bicyclic) bond motifs is 6. The van der Waals surface area contributed by atoms with Crippen LogP contribution in [-0.4, -0.2) is 19.9 Å². The van der Waals surface area contributed by atoms with E-state index in [1.165, 1.54) is 32.6 Å². The molecule has 0 atom stereocenters. The summed E-state index contributed by atoms with van der Waals surface area (Å²) < 4.78 is 4.64. The molecule has 0 saturated heterocycles. The fraction of sp³-hybridized carbons (Fsp3) is 0. The van der Waals surface area contributed by atoms with Crippen LogP contribution in [0.3, 0.4) is 0 Å². The highest BCUT2D eigenvalue weighted by atomic mass is 16.1. The van der Waals surface area contributed by atoms with Crippen LogP contribution >= 0.6 is 0 Å². The molecule has 0 unspecified atom stereocenters. The van der Waals surface area contributed by atoms with Gasteiger partial charge in [0.25, 0.3) is 0 Å². The summed E-state index contributed by atoms with van der Waals surface area (Å²) >= 11 is 0. The first-order valence-corrected chi connectivity index (χ1v) is 13.3. The monoisotopic (exact) mass is 513 g/mol. The molecule has 0 aliphatic rings. The zero-order chi connectivity index (χ0) is 26.6. The van der Waals surface area contributed by atoms with Crippen LogP contribution in [0.15, 0.2) is 140 Å². The molecule has 0 aliphatic carbocycles. The molecule has 0 N–H and O–H groups in total. The maximum atomic E-state index is 13.0. The minimum Gasteiger partial charge on any atom is -0.309 e. The van der Waals surface area contributed by atoms with Gasteiger partial charge in [-0.15, -0.1) is 0 Å². The Morgan fingerprint density at radius 2 is 0.900 bits per heavy atom. The highest BCUT2D eigenvalue weighted by Gasteiger charge is 2.16. The van der Waals surface area contributed by atoms with E-state index in [0.29, 0.717) is 11.1 Å². The van der Waals surface area contributed by atoms with Crippen LogP contribution in [0.1, 0.15) is 15.9 Å². The van der Waals surface area contributed by atoms with Crippen molar-refractivity contribution in [2.75, 3.05) is 0 Å². The van der Waals surface area contributed by atoms with E-state index in [2.05, 4.69) is 105 Å². The first kappa shape index (κ1) is 22.5. The van der Waals surface area contributed by atoms with Crippen molar-refractivity contribution in [3.8, 4) is 11.4 Å². The number of carbonyl (C=O) groups excluding carboxylic acids is 1. The Labute approximate surface area is 230 Å². The van der Waals surface area contributed by atoms with Crippen molar-refractivity contribution in [3.63, 3.8) is 0 Å². The number of ketones is 1. The molecule has 0 radical (unpaired) electrons. The second-order valence-electron chi connectivity index (χ2n) is 10.0. The van der Waals surface area contributed by atoms with Crippen molar-refractivity contribution in [1.82, 2.24) is 14.1 Å². The van der Waals surface area contributed by atoms with E-state index in [0.717, 1.165) is 22.4 Å². The average Bonchev–Trinajstić information content (AvgIpc) is 3.54. The molecule has 8 rings (SSSR count). The van der Waals surface area contributed by atoms with Gasteiger partial charge in [-0.3, -0.25) is 9.78 Å². The van der Waals surface area contributed by atoms with Gasteiger partial charge in [-0.2, -0.15) is 0 Å². The first-order valence-electron chi connectivity index (χ1n) is 13.3. The van der Waals surface area contributed by atoms with Gasteiger partial charge >= 0.3 is 0 Å². The predicted molar refractivity (Wildman–Crippen MR) is 163 cm³/mol. The number of benzene rings is 5. The molecule has 0 spiro atoms. The summed E-state index contributed by atoms with van der Waals surface area (Å²) in [4.78, 5) is 17.0. The van der Waals surface area contributed by atoms with E-state index in [1.54, 1.807) is 24.5 Å². The number of para-hydroxylation sites is 3. The highest BCUT2D eigenvalue weighted by Crippen LogP contribution is 2.36. The zero-order valence-corrected chi connectivity index (χ0v) is 21.5. The van der Waals surface area contributed by atoms with Gasteiger partial charge in [0.2, 0.25) is 0 Å². The van der Waals surface area contributed by atoms with Crippen molar-refractivity contribution < 1.29 is 4.79 Å². The molecule has 3 aromatic heterocycles. The van der Waals surface area contributed by atoms with Crippen LogP contribution in [0.5, 0.6) is 0 Å². The van der Waals surface area contributed by atoms with Gasteiger partial charge in [0.1, 0.15) is 0 Å². The molecule has 0 saturated carbocycles. The molecule has 0 aliphatic heterocycles. The number of carbonyl (C=O) groups is 1.